The van der Waals surface area contributed by atoms with Gasteiger partial charge in [0.15, 0.2) is 0 Å². The lowest BCUT2D eigenvalue weighted by Gasteiger charge is -1.95. The van der Waals surface area contributed by atoms with Crippen molar-refractivity contribution in [1.29, 1.82) is 0 Å². The van der Waals surface area contributed by atoms with Crippen molar-refractivity contribution in [2.45, 2.75) is 12.8 Å². The van der Waals surface area contributed by atoms with Crippen molar-refractivity contribution in [1.82, 2.24) is 10.1 Å². The fourth-order valence-corrected chi connectivity index (χ4v) is 1.92. The highest BCUT2D eigenvalue weighted by Crippen LogP contribution is 2.17. The lowest BCUT2D eigenvalue weighted by atomic mass is 10.1. The fraction of sp³-hybridized carbons (Fsp3) is 0.133. The highest BCUT2D eigenvalue weighted by molar-refractivity contribution is 5.88. The fourth-order valence-electron chi connectivity index (χ4n) is 1.92. The Balaban J connectivity index is 1.70. The van der Waals surface area contributed by atoms with Crippen LogP contribution < -0.4 is 0 Å². The van der Waals surface area contributed by atoms with Crippen molar-refractivity contribution in [2.75, 3.05) is 0 Å². The molecule has 0 unspecified atom stereocenters. The molecule has 106 valence electrons. The SMILES string of the molecule is O=C(O)c1ccc(-c2noc(CCc3ccco3)n2)cc1. The number of aromatic nitrogens is 2. The van der Waals surface area contributed by atoms with E-state index in [0.717, 1.165) is 5.76 Å². The number of aryl methyl sites for hydroxylation is 2. The van der Waals surface area contributed by atoms with E-state index in [-0.39, 0.29) is 5.56 Å². The van der Waals surface area contributed by atoms with E-state index < -0.39 is 5.97 Å². The predicted octanol–water partition coefficient (Wildman–Crippen LogP) is 2.81. The number of carboxylic acids is 1. The van der Waals surface area contributed by atoms with Gasteiger partial charge < -0.3 is 14.0 Å². The van der Waals surface area contributed by atoms with E-state index in [9.17, 15) is 4.79 Å². The maximum Gasteiger partial charge on any atom is 0.335 e. The number of rotatable bonds is 5. The van der Waals surface area contributed by atoms with Crippen LogP contribution in [0.1, 0.15) is 22.0 Å². The lowest BCUT2D eigenvalue weighted by Crippen LogP contribution is -1.95. The number of benzene rings is 1. The topological polar surface area (TPSA) is 89.4 Å². The van der Waals surface area contributed by atoms with E-state index in [2.05, 4.69) is 10.1 Å². The first-order chi connectivity index (χ1) is 10.2. The smallest absolute Gasteiger partial charge is 0.335 e. The van der Waals surface area contributed by atoms with Crippen molar-refractivity contribution in [3.63, 3.8) is 0 Å². The predicted molar refractivity (Wildman–Crippen MR) is 72.8 cm³/mol. The molecular weight excluding hydrogens is 272 g/mol. The zero-order valence-electron chi connectivity index (χ0n) is 11.0. The van der Waals surface area contributed by atoms with Gasteiger partial charge in [-0.3, -0.25) is 0 Å². The van der Waals surface area contributed by atoms with Gasteiger partial charge in [0.05, 0.1) is 11.8 Å². The first-order valence-corrected chi connectivity index (χ1v) is 6.41. The normalized spacial score (nSPS) is 10.7. The molecule has 0 atom stereocenters. The molecule has 0 saturated heterocycles. The molecule has 0 aliphatic carbocycles. The molecule has 6 nitrogen and oxygen atoms in total. The zero-order chi connectivity index (χ0) is 14.7. The minimum absolute atomic E-state index is 0.222. The molecule has 0 aliphatic heterocycles. The number of aromatic carboxylic acids is 1. The highest BCUT2D eigenvalue weighted by atomic mass is 16.5. The van der Waals surface area contributed by atoms with E-state index >= 15 is 0 Å². The molecule has 2 aromatic heterocycles. The van der Waals surface area contributed by atoms with Gasteiger partial charge in [-0.15, -0.1) is 0 Å². The Morgan fingerprint density at radius 1 is 1.14 bits per heavy atom. The van der Waals surface area contributed by atoms with E-state index in [1.807, 2.05) is 12.1 Å². The second kappa shape index (κ2) is 5.62. The molecule has 21 heavy (non-hydrogen) atoms. The Kier molecular flexibility index (Phi) is 3.51. The van der Waals surface area contributed by atoms with Gasteiger partial charge in [-0.25, -0.2) is 4.79 Å². The largest absolute Gasteiger partial charge is 0.478 e. The monoisotopic (exact) mass is 284 g/mol. The molecule has 1 N–H and O–H groups in total. The quantitative estimate of drug-likeness (QED) is 0.774. The Labute approximate surface area is 120 Å². The number of furan rings is 1. The van der Waals surface area contributed by atoms with E-state index in [0.29, 0.717) is 30.1 Å². The van der Waals surface area contributed by atoms with Gasteiger partial charge in [-0.05, 0) is 24.3 Å². The first kappa shape index (κ1) is 13.1. The molecule has 0 fully saturated rings. The van der Waals surface area contributed by atoms with Gasteiger partial charge in [0.25, 0.3) is 0 Å². The molecule has 3 aromatic rings. The van der Waals surface area contributed by atoms with Gasteiger partial charge in [-0.2, -0.15) is 4.98 Å². The Bertz CT molecular complexity index is 729. The van der Waals surface area contributed by atoms with Crippen LogP contribution in [0.15, 0.2) is 51.6 Å². The summed E-state index contributed by atoms with van der Waals surface area (Å²) in [7, 11) is 0. The number of carboxylic acid groups (broad SMARTS) is 1. The van der Waals surface area contributed by atoms with Crippen LogP contribution in [0.5, 0.6) is 0 Å². The van der Waals surface area contributed by atoms with Crippen LogP contribution in [-0.2, 0) is 12.8 Å². The van der Waals surface area contributed by atoms with Crippen LogP contribution in [0.2, 0.25) is 0 Å². The minimum Gasteiger partial charge on any atom is -0.478 e. The summed E-state index contributed by atoms with van der Waals surface area (Å²) in [6, 6.07) is 10.1. The average molecular weight is 284 g/mol. The molecule has 1 aromatic carbocycles. The van der Waals surface area contributed by atoms with E-state index in [1.165, 1.54) is 12.1 Å². The second-order valence-corrected chi connectivity index (χ2v) is 4.47. The van der Waals surface area contributed by atoms with Gasteiger partial charge in [0.1, 0.15) is 5.76 Å². The average Bonchev–Trinajstić information content (AvgIpc) is 3.17. The summed E-state index contributed by atoms with van der Waals surface area (Å²) in [6.07, 6.45) is 2.90. The summed E-state index contributed by atoms with van der Waals surface area (Å²) in [5.41, 5.74) is 0.938. The third kappa shape index (κ3) is 3.00. The van der Waals surface area contributed by atoms with Gasteiger partial charge in [0, 0.05) is 18.4 Å². The van der Waals surface area contributed by atoms with Gasteiger partial charge >= 0.3 is 5.97 Å². The molecule has 0 radical (unpaired) electrons. The summed E-state index contributed by atoms with van der Waals surface area (Å²) in [4.78, 5) is 15.1. The Hall–Kier alpha value is -2.89. The van der Waals surface area contributed by atoms with Crippen LogP contribution in [0, 0.1) is 0 Å². The second-order valence-electron chi connectivity index (χ2n) is 4.47. The summed E-state index contributed by atoms with van der Waals surface area (Å²) >= 11 is 0. The van der Waals surface area contributed by atoms with Crippen LogP contribution >= 0.6 is 0 Å². The molecule has 0 amide bonds. The number of hydrogen-bond donors (Lipinski definition) is 1. The van der Waals surface area contributed by atoms with Crippen LogP contribution in [-0.4, -0.2) is 21.2 Å². The molecule has 0 bridgehead atoms. The third-order valence-electron chi connectivity index (χ3n) is 3.02. The standard InChI is InChI=1S/C15H12N2O4/c18-15(19)11-5-3-10(4-6-11)14-16-13(21-17-14)8-7-12-2-1-9-20-12/h1-6,9H,7-8H2,(H,18,19). The zero-order valence-corrected chi connectivity index (χ0v) is 11.0. The van der Waals surface area contributed by atoms with Crippen molar-refractivity contribution in [3.8, 4) is 11.4 Å². The molecule has 6 heteroatoms. The van der Waals surface area contributed by atoms with Crippen LogP contribution in [0.3, 0.4) is 0 Å². The van der Waals surface area contributed by atoms with Crippen LogP contribution in [0.4, 0.5) is 0 Å². The summed E-state index contributed by atoms with van der Waals surface area (Å²) in [5.74, 6) is 0.861. The first-order valence-electron chi connectivity index (χ1n) is 6.41. The maximum atomic E-state index is 10.8. The number of nitrogens with zero attached hydrogens (tertiary/aromatic N) is 2. The number of carbonyl (C=O) groups is 1. The van der Waals surface area contributed by atoms with Gasteiger partial charge in [-0.1, -0.05) is 17.3 Å². The summed E-state index contributed by atoms with van der Waals surface area (Å²) in [6.45, 7) is 0. The van der Waals surface area contributed by atoms with Crippen molar-refractivity contribution >= 4 is 5.97 Å². The van der Waals surface area contributed by atoms with Crippen molar-refractivity contribution in [3.05, 3.63) is 59.9 Å². The lowest BCUT2D eigenvalue weighted by molar-refractivity contribution is 0.0697. The maximum absolute atomic E-state index is 10.8. The summed E-state index contributed by atoms with van der Waals surface area (Å²) in [5, 5.41) is 12.7. The highest BCUT2D eigenvalue weighted by Gasteiger charge is 2.10. The van der Waals surface area contributed by atoms with E-state index in [4.69, 9.17) is 14.0 Å². The van der Waals surface area contributed by atoms with Crippen molar-refractivity contribution in [2.24, 2.45) is 0 Å². The Morgan fingerprint density at radius 3 is 2.62 bits per heavy atom. The number of hydrogen-bond acceptors (Lipinski definition) is 5. The molecule has 0 aliphatic rings. The van der Waals surface area contributed by atoms with Crippen molar-refractivity contribution < 1.29 is 18.8 Å². The molecule has 0 spiro atoms. The van der Waals surface area contributed by atoms with Crippen LogP contribution in [0.25, 0.3) is 11.4 Å². The van der Waals surface area contributed by atoms with E-state index in [1.54, 1.807) is 18.4 Å². The van der Waals surface area contributed by atoms with Gasteiger partial charge in [0.2, 0.25) is 11.7 Å². The third-order valence-corrected chi connectivity index (χ3v) is 3.02. The minimum atomic E-state index is -0.964. The summed E-state index contributed by atoms with van der Waals surface area (Å²) < 4.78 is 10.4. The molecule has 2 heterocycles. The molecular formula is C15H12N2O4. The molecule has 0 saturated carbocycles. The molecule has 3 rings (SSSR count). The Morgan fingerprint density at radius 2 is 1.95 bits per heavy atom.